The number of nitrogens with zero attached hydrogens (tertiary/aromatic N) is 1. The van der Waals surface area contributed by atoms with Crippen LogP contribution in [-0.4, -0.2) is 47.8 Å². The highest BCUT2D eigenvalue weighted by molar-refractivity contribution is 7.09. The lowest BCUT2D eigenvalue weighted by molar-refractivity contribution is 0.101. The van der Waals surface area contributed by atoms with Crippen LogP contribution in [0.25, 0.3) is 0 Å². The fourth-order valence-electron chi connectivity index (χ4n) is 1.88. The van der Waals surface area contributed by atoms with Gasteiger partial charge in [-0.05, 0) is 52.6 Å². The molecule has 0 aliphatic carbocycles. The third-order valence-electron chi connectivity index (χ3n) is 3.20. The monoisotopic (exact) mass is 284 g/mol. The molecular formula is C15H28N2OS. The standard InChI is InChI=1S/C15H28N2OS/c1-12(9-14-7-6-8-19-14)17(5)11-13(18)10-16-15(2,3)4/h6-8,12-13,16,18H,9-11H2,1-5H3. The maximum Gasteiger partial charge on any atom is 0.0791 e. The zero-order chi connectivity index (χ0) is 14.5. The first-order valence-corrected chi connectivity index (χ1v) is 7.81. The fraction of sp³-hybridized carbons (Fsp3) is 0.733. The van der Waals surface area contributed by atoms with Crippen LogP contribution in [-0.2, 0) is 6.42 Å². The third kappa shape index (κ3) is 7.06. The molecule has 4 heteroatoms. The van der Waals surface area contributed by atoms with E-state index >= 15 is 0 Å². The molecule has 1 aromatic rings. The quantitative estimate of drug-likeness (QED) is 0.807. The first-order chi connectivity index (χ1) is 8.78. The topological polar surface area (TPSA) is 35.5 Å². The molecule has 0 aromatic carbocycles. The molecule has 0 radical (unpaired) electrons. The van der Waals surface area contributed by atoms with Crippen LogP contribution in [0, 0.1) is 0 Å². The maximum atomic E-state index is 10.1. The van der Waals surface area contributed by atoms with Gasteiger partial charge in [0.15, 0.2) is 0 Å². The van der Waals surface area contributed by atoms with Gasteiger partial charge in [0.1, 0.15) is 0 Å². The number of β-amino-alcohol motifs (C(OH)–C–C–N with tert-alkyl or cyclic N) is 1. The number of rotatable bonds is 7. The number of nitrogens with one attached hydrogen (secondary N) is 1. The number of aliphatic hydroxyl groups excluding tert-OH is 1. The van der Waals surface area contributed by atoms with Crippen molar-refractivity contribution < 1.29 is 5.11 Å². The summed E-state index contributed by atoms with van der Waals surface area (Å²) >= 11 is 1.80. The molecule has 0 aliphatic rings. The number of hydrogen-bond acceptors (Lipinski definition) is 4. The second-order valence-corrected chi connectivity index (χ2v) is 7.39. The number of likely N-dealkylation sites (N-methyl/N-ethyl adjacent to an activating group) is 1. The Bertz CT molecular complexity index is 346. The van der Waals surface area contributed by atoms with E-state index in [1.165, 1.54) is 4.88 Å². The van der Waals surface area contributed by atoms with Crippen LogP contribution in [0.1, 0.15) is 32.6 Å². The van der Waals surface area contributed by atoms with Gasteiger partial charge in [0.25, 0.3) is 0 Å². The Balaban J connectivity index is 2.30. The highest BCUT2D eigenvalue weighted by Gasteiger charge is 2.16. The van der Waals surface area contributed by atoms with Crippen molar-refractivity contribution >= 4 is 11.3 Å². The van der Waals surface area contributed by atoms with Gasteiger partial charge in [-0.1, -0.05) is 6.07 Å². The minimum atomic E-state index is -0.324. The summed E-state index contributed by atoms with van der Waals surface area (Å²) in [5.41, 5.74) is 0.0577. The summed E-state index contributed by atoms with van der Waals surface area (Å²) in [6, 6.07) is 4.71. The van der Waals surface area contributed by atoms with Gasteiger partial charge in [0.05, 0.1) is 6.10 Å². The molecule has 0 saturated carbocycles. The average Bonchev–Trinajstić information content (AvgIpc) is 2.78. The highest BCUT2D eigenvalue weighted by Crippen LogP contribution is 2.13. The van der Waals surface area contributed by atoms with Crippen LogP contribution < -0.4 is 5.32 Å². The Morgan fingerprint density at radius 3 is 2.63 bits per heavy atom. The van der Waals surface area contributed by atoms with Crippen molar-refractivity contribution in [1.29, 1.82) is 0 Å². The third-order valence-corrected chi connectivity index (χ3v) is 4.09. The van der Waals surface area contributed by atoms with Crippen LogP contribution in [0.5, 0.6) is 0 Å². The van der Waals surface area contributed by atoms with Crippen molar-refractivity contribution in [3.05, 3.63) is 22.4 Å². The first-order valence-electron chi connectivity index (χ1n) is 6.93. The van der Waals surface area contributed by atoms with E-state index in [2.05, 4.69) is 62.5 Å². The van der Waals surface area contributed by atoms with Crippen molar-refractivity contribution in [3.63, 3.8) is 0 Å². The zero-order valence-corrected chi connectivity index (χ0v) is 13.6. The Labute approximate surface area is 121 Å². The smallest absolute Gasteiger partial charge is 0.0791 e. The SMILES string of the molecule is CC(Cc1cccs1)N(C)CC(O)CNC(C)(C)C. The molecule has 2 unspecified atom stereocenters. The largest absolute Gasteiger partial charge is 0.390 e. The van der Waals surface area contributed by atoms with Gasteiger partial charge >= 0.3 is 0 Å². The summed E-state index contributed by atoms with van der Waals surface area (Å²) in [6.07, 6.45) is 0.725. The molecule has 2 N–H and O–H groups in total. The second-order valence-electron chi connectivity index (χ2n) is 6.36. The van der Waals surface area contributed by atoms with Crippen LogP contribution >= 0.6 is 11.3 Å². The predicted octanol–water partition coefficient (Wildman–Crippen LogP) is 2.36. The molecule has 0 bridgehead atoms. The van der Waals surface area contributed by atoms with E-state index in [9.17, 15) is 5.11 Å². The Morgan fingerprint density at radius 2 is 2.11 bits per heavy atom. The van der Waals surface area contributed by atoms with Crippen LogP contribution in [0.15, 0.2) is 17.5 Å². The van der Waals surface area contributed by atoms with Crippen molar-refractivity contribution in [3.8, 4) is 0 Å². The van der Waals surface area contributed by atoms with Crippen LogP contribution in [0.2, 0.25) is 0 Å². The molecule has 110 valence electrons. The Hall–Kier alpha value is -0.420. The summed E-state index contributed by atoms with van der Waals surface area (Å²) < 4.78 is 0. The van der Waals surface area contributed by atoms with E-state index in [-0.39, 0.29) is 11.6 Å². The molecule has 2 atom stereocenters. The lowest BCUT2D eigenvalue weighted by Crippen LogP contribution is -2.45. The van der Waals surface area contributed by atoms with Crippen LogP contribution in [0.4, 0.5) is 0 Å². The normalized spacial score (nSPS) is 15.7. The number of thiophene rings is 1. The minimum Gasteiger partial charge on any atom is -0.390 e. The molecule has 0 spiro atoms. The molecule has 0 fully saturated rings. The molecule has 1 heterocycles. The average molecular weight is 284 g/mol. The van der Waals surface area contributed by atoms with Crippen LogP contribution in [0.3, 0.4) is 0 Å². The minimum absolute atomic E-state index is 0.0577. The summed E-state index contributed by atoms with van der Waals surface area (Å²) in [6.45, 7) is 9.90. The van der Waals surface area contributed by atoms with Crippen molar-refractivity contribution in [2.45, 2.75) is 51.8 Å². The van der Waals surface area contributed by atoms with Gasteiger partial charge in [-0.15, -0.1) is 11.3 Å². The van der Waals surface area contributed by atoms with E-state index in [4.69, 9.17) is 0 Å². The number of hydrogen-bond donors (Lipinski definition) is 2. The molecule has 19 heavy (non-hydrogen) atoms. The maximum absolute atomic E-state index is 10.1. The molecule has 3 nitrogen and oxygen atoms in total. The summed E-state index contributed by atoms with van der Waals surface area (Å²) in [5, 5.41) is 15.5. The molecule has 0 aliphatic heterocycles. The Morgan fingerprint density at radius 1 is 1.42 bits per heavy atom. The van der Waals surface area contributed by atoms with Gasteiger partial charge in [0.2, 0.25) is 0 Å². The summed E-state index contributed by atoms with van der Waals surface area (Å²) in [7, 11) is 2.08. The molecule has 0 amide bonds. The first kappa shape index (κ1) is 16.6. The molecule has 1 aromatic heterocycles. The van der Waals surface area contributed by atoms with E-state index in [0.29, 0.717) is 19.1 Å². The predicted molar refractivity (Wildman–Crippen MR) is 83.9 cm³/mol. The Kier molecular flexibility index (Phi) is 6.47. The molecule has 1 rings (SSSR count). The van der Waals surface area contributed by atoms with Gasteiger partial charge in [0, 0.05) is 29.5 Å². The van der Waals surface area contributed by atoms with Crippen molar-refractivity contribution in [1.82, 2.24) is 10.2 Å². The summed E-state index contributed by atoms with van der Waals surface area (Å²) in [5.74, 6) is 0. The number of aliphatic hydroxyl groups is 1. The van der Waals surface area contributed by atoms with Crippen molar-refractivity contribution in [2.75, 3.05) is 20.1 Å². The molecular weight excluding hydrogens is 256 g/mol. The van der Waals surface area contributed by atoms with Gasteiger partial charge in [-0.3, -0.25) is 0 Å². The van der Waals surface area contributed by atoms with E-state index < -0.39 is 0 Å². The highest BCUT2D eigenvalue weighted by atomic mass is 32.1. The van der Waals surface area contributed by atoms with Gasteiger partial charge in [-0.2, -0.15) is 0 Å². The van der Waals surface area contributed by atoms with E-state index in [1.54, 1.807) is 11.3 Å². The van der Waals surface area contributed by atoms with Gasteiger partial charge < -0.3 is 15.3 Å². The fourth-order valence-corrected chi connectivity index (χ4v) is 2.70. The zero-order valence-electron chi connectivity index (χ0n) is 12.8. The lowest BCUT2D eigenvalue weighted by Gasteiger charge is -2.29. The van der Waals surface area contributed by atoms with E-state index in [1.807, 2.05) is 0 Å². The van der Waals surface area contributed by atoms with E-state index in [0.717, 1.165) is 6.42 Å². The molecule has 0 saturated heterocycles. The van der Waals surface area contributed by atoms with Gasteiger partial charge in [-0.25, -0.2) is 0 Å². The lowest BCUT2D eigenvalue weighted by atomic mass is 10.1. The van der Waals surface area contributed by atoms with Crippen molar-refractivity contribution in [2.24, 2.45) is 0 Å². The second kappa shape index (κ2) is 7.39. The summed E-state index contributed by atoms with van der Waals surface area (Å²) in [4.78, 5) is 3.64.